The van der Waals surface area contributed by atoms with Gasteiger partial charge in [-0.15, -0.1) is 0 Å². The topological polar surface area (TPSA) is 64.8 Å². The third-order valence-corrected chi connectivity index (χ3v) is 4.02. The Morgan fingerprint density at radius 3 is 2.71 bits per heavy atom. The van der Waals surface area contributed by atoms with Crippen molar-refractivity contribution in [1.29, 1.82) is 0 Å². The van der Waals surface area contributed by atoms with Crippen molar-refractivity contribution >= 4 is 23.3 Å². The van der Waals surface area contributed by atoms with E-state index in [1.807, 2.05) is 0 Å². The number of aliphatic hydroxyl groups excluding tert-OH is 2. The lowest BCUT2D eigenvalue weighted by Gasteiger charge is -2.15. The minimum atomic E-state index is -0.589. The van der Waals surface area contributed by atoms with Gasteiger partial charge in [0.2, 0.25) is 0 Å². The van der Waals surface area contributed by atoms with Crippen molar-refractivity contribution in [2.75, 3.05) is 11.9 Å². The zero-order chi connectivity index (χ0) is 17.1. The number of aliphatic hydroxyl groups is 2. The van der Waals surface area contributed by atoms with Gasteiger partial charge in [0.05, 0.1) is 18.0 Å². The molecule has 0 atom stereocenters. The summed E-state index contributed by atoms with van der Waals surface area (Å²) in [5.74, 6) is -1.10. The number of rotatable bonds is 6. The van der Waals surface area contributed by atoms with Gasteiger partial charge in [-0.05, 0) is 42.2 Å². The predicted octanol–water partition coefficient (Wildman–Crippen LogP) is 3.38. The highest BCUT2D eigenvalue weighted by Crippen LogP contribution is 2.37. The molecule has 3 rings (SSSR count). The lowest BCUT2D eigenvalue weighted by atomic mass is 10.0. The molecule has 0 radical (unpaired) electrons. The summed E-state index contributed by atoms with van der Waals surface area (Å²) in [7, 11) is 0. The Morgan fingerprint density at radius 2 is 2.00 bits per heavy atom. The van der Waals surface area contributed by atoms with Gasteiger partial charge in [-0.25, -0.2) is 8.78 Å². The molecule has 0 saturated heterocycles. The molecular formula is C18H18F2N2O2. The van der Waals surface area contributed by atoms with E-state index in [0.717, 1.165) is 5.56 Å². The molecule has 0 aliphatic carbocycles. The number of hydrogen-bond donors (Lipinski definition) is 3. The van der Waals surface area contributed by atoms with Gasteiger partial charge in [0.25, 0.3) is 0 Å². The molecule has 1 heterocycles. The third-order valence-electron chi connectivity index (χ3n) is 4.02. The van der Waals surface area contributed by atoms with Crippen molar-refractivity contribution in [3.8, 4) is 0 Å². The molecule has 0 aromatic heterocycles. The number of anilines is 2. The molecule has 0 bridgehead atoms. The minimum Gasteiger partial charge on any atom is -0.396 e. The highest BCUT2D eigenvalue weighted by Gasteiger charge is 2.20. The lowest BCUT2D eigenvalue weighted by Crippen LogP contribution is -2.03. The first-order valence-electron chi connectivity index (χ1n) is 7.78. The number of aliphatic imine (C=N–C) groups is 1. The summed E-state index contributed by atoms with van der Waals surface area (Å²) in [5, 5.41) is 21.1. The number of nitrogens with one attached hydrogen (secondary N) is 1. The van der Waals surface area contributed by atoms with Crippen molar-refractivity contribution in [2.24, 2.45) is 4.99 Å². The van der Waals surface area contributed by atoms with Crippen LogP contribution in [-0.2, 0) is 19.4 Å². The van der Waals surface area contributed by atoms with Gasteiger partial charge >= 0.3 is 0 Å². The Bertz CT molecular complexity index is 791. The second kappa shape index (κ2) is 7.07. The molecule has 2 aromatic rings. The zero-order valence-corrected chi connectivity index (χ0v) is 13.0. The summed E-state index contributed by atoms with van der Waals surface area (Å²) >= 11 is 0. The molecule has 4 nitrogen and oxygen atoms in total. The fourth-order valence-corrected chi connectivity index (χ4v) is 2.77. The lowest BCUT2D eigenvalue weighted by molar-refractivity contribution is 0.282. The van der Waals surface area contributed by atoms with Crippen LogP contribution in [0, 0.1) is 11.6 Å². The van der Waals surface area contributed by atoms with Crippen LogP contribution >= 0.6 is 0 Å². The third kappa shape index (κ3) is 3.16. The Labute approximate surface area is 138 Å². The van der Waals surface area contributed by atoms with E-state index in [9.17, 15) is 13.9 Å². The Hall–Kier alpha value is -2.31. The largest absolute Gasteiger partial charge is 0.396 e. The van der Waals surface area contributed by atoms with Gasteiger partial charge in [-0.3, -0.25) is 4.99 Å². The fourth-order valence-electron chi connectivity index (χ4n) is 2.77. The quantitative estimate of drug-likeness (QED) is 0.760. The number of benzene rings is 2. The van der Waals surface area contributed by atoms with Crippen molar-refractivity contribution in [1.82, 2.24) is 0 Å². The van der Waals surface area contributed by atoms with Crippen LogP contribution in [0.15, 0.2) is 29.3 Å². The van der Waals surface area contributed by atoms with E-state index in [1.54, 1.807) is 18.3 Å². The number of hydrogen-bond acceptors (Lipinski definition) is 4. The second-order valence-electron chi connectivity index (χ2n) is 5.67. The van der Waals surface area contributed by atoms with Crippen LogP contribution in [0.25, 0.3) is 0 Å². The first-order chi connectivity index (χ1) is 11.6. The fraction of sp³-hybridized carbons (Fsp3) is 0.278. The highest BCUT2D eigenvalue weighted by molar-refractivity contribution is 5.80. The molecule has 0 spiro atoms. The summed E-state index contributed by atoms with van der Waals surface area (Å²) in [5.41, 5.74) is 2.22. The molecular weight excluding hydrogens is 314 g/mol. The van der Waals surface area contributed by atoms with E-state index < -0.39 is 11.6 Å². The van der Waals surface area contributed by atoms with Crippen molar-refractivity contribution in [2.45, 2.75) is 25.9 Å². The maximum atomic E-state index is 14.6. The average Bonchev–Trinajstić information content (AvgIpc) is 3.05. The summed E-state index contributed by atoms with van der Waals surface area (Å²) in [6.07, 6.45) is 3.25. The molecule has 6 heteroatoms. The van der Waals surface area contributed by atoms with Crippen LogP contribution < -0.4 is 5.32 Å². The van der Waals surface area contributed by atoms with Crippen LogP contribution in [0.5, 0.6) is 0 Å². The smallest absolute Gasteiger partial charge is 0.172 e. The van der Waals surface area contributed by atoms with E-state index in [1.165, 1.54) is 12.1 Å². The van der Waals surface area contributed by atoms with E-state index in [0.29, 0.717) is 30.4 Å². The monoisotopic (exact) mass is 332 g/mol. The molecule has 24 heavy (non-hydrogen) atoms. The molecule has 0 amide bonds. The average molecular weight is 332 g/mol. The maximum Gasteiger partial charge on any atom is 0.172 e. The standard InChI is InChI=1S/C18H18F2N2O2/c19-14-8-11(2-1-7-23)3-4-15(14)22-18-13(10-24)9-12-5-6-21-17(12)16(18)20/h3-4,6,8-9,22-24H,1-2,5,7,10H2. The molecule has 0 fully saturated rings. The SMILES string of the molecule is OCCCc1ccc(Nc2c(CO)cc3c(c2F)N=CC3)c(F)c1. The summed E-state index contributed by atoms with van der Waals surface area (Å²) in [6.45, 7) is -0.314. The van der Waals surface area contributed by atoms with Gasteiger partial charge in [0, 0.05) is 24.8 Å². The zero-order valence-electron chi connectivity index (χ0n) is 13.0. The van der Waals surface area contributed by atoms with Crippen molar-refractivity contribution in [3.05, 3.63) is 52.6 Å². The van der Waals surface area contributed by atoms with E-state index >= 15 is 0 Å². The number of halogens is 2. The maximum absolute atomic E-state index is 14.6. The normalized spacial score (nSPS) is 12.5. The first kappa shape index (κ1) is 16.5. The Balaban J connectivity index is 1.92. The number of nitrogens with zero attached hydrogens (tertiary/aromatic N) is 1. The second-order valence-corrected chi connectivity index (χ2v) is 5.67. The van der Waals surface area contributed by atoms with Crippen LogP contribution in [0.3, 0.4) is 0 Å². The van der Waals surface area contributed by atoms with E-state index in [-0.39, 0.29) is 30.3 Å². The molecule has 2 aromatic carbocycles. The van der Waals surface area contributed by atoms with Crippen molar-refractivity contribution < 1.29 is 19.0 Å². The molecule has 0 saturated carbocycles. The molecule has 1 aliphatic heterocycles. The molecule has 126 valence electrons. The van der Waals surface area contributed by atoms with Gasteiger partial charge in [-0.1, -0.05) is 6.07 Å². The van der Waals surface area contributed by atoms with E-state index in [2.05, 4.69) is 10.3 Å². The van der Waals surface area contributed by atoms with Gasteiger partial charge < -0.3 is 15.5 Å². The highest BCUT2D eigenvalue weighted by atomic mass is 19.1. The molecule has 1 aliphatic rings. The van der Waals surface area contributed by atoms with Crippen LogP contribution in [0.4, 0.5) is 25.8 Å². The Morgan fingerprint density at radius 1 is 1.17 bits per heavy atom. The summed E-state index contributed by atoms with van der Waals surface area (Å²) in [4.78, 5) is 4.01. The Kier molecular flexibility index (Phi) is 4.87. The van der Waals surface area contributed by atoms with Gasteiger partial charge in [0.15, 0.2) is 5.82 Å². The molecule has 3 N–H and O–H groups in total. The summed E-state index contributed by atoms with van der Waals surface area (Å²) < 4.78 is 28.9. The van der Waals surface area contributed by atoms with Crippen molar-refractivity contribution in [3.63, 3.8) is 0 Å². The predicted molar refractivity (Wildman–Crippen MR) is 89.3 cm³/mol. The molecule has 0 unspecified atom stereocenters. The van der Waals surface area contributed by atoms with Gasteiger partial charge in [0.1, 0.15) is 11.5 Å². The number of fused-ring (bicyclic) bond motifs is 1. The van der Waals surface area contributed by atoms with Gasteiger partial charge in [-0.2, -0.15) is 0 Å². The van der Waals surface area contributed by atoms with Crippen LogP contribution in [-0.4, -0.2) is 23.0 Å². The van der Waals surface area contributed by atoms with Crippen LogP contribution in [0.2, 0.25) is 0 Å². The first-order valence-corrected chi connectivity index (χ1v) is 7.78. The summed E-state index contributed by atoms with van der Waals surface area (Å²) in [6, 6.07) is 6.30. The van der Waals surface area contributed by atoms with E-state index in [4.69, 9.17) is 5.11 Å². The van der Waals surface area contributed by atoms with Crippen LogP contribution in [0.1, 0.15) is 23.1 Å². The minimum absolute atomic E-state index is 0.0392. The number of aryl methyl sites for hydroxylation is 1.